The van der Waals surface area contributed by atoms with Gasteiger partial charge in [0.1, 0.15) is 17.1 Å². The van der Waals surface area contributed by atoms with Gasteiger partial charge in [-0.1, -0.05) is 13.8 Å². The molecule has 0 saturated carbocycles. The molecule has 3 nitrogen and oxygen atoms in total. The minimum Gasteiger partial charge on any atom is -0.487 e. The molecule has 0 aromatic heterocycles. The maximum absolute atomic E-state index is 12.6. The summed E-state index contributed by atoms with van der Waals surface area (Å²) in [6.07, 6.45) is 1.69. The van der Waals surface area contributed by atoms with Gasteiger partial charge in [-0.15, -0.1) is 0 Å². The third-order valence-corrected chi connectivity index (χ3v) is 6.12. The SMILES string of the molecule is CCC(C)(C)Oc1c(C)cc(-c2cc(C)c(OC(=O)C(C)(C)CC)c(C)c2)cc1C. The molecule has 2 aromatic carbocycles. The van der Waals surface area contributed by atoms with Gasteiger partial charge in [0.2, 0.25) is 0 Å². The van der Waals surface area contributed by atoms with Crippen LogP contribution in [0.25, 0.3) is 11.1 Å². The average molecular weight is 411 g/mol. The van der Waals surface area contributed by atoms with Crippen LogP contribution >= 0.6 is 0 Å². The van der Waals surface area contributed by atoms with E-state index in [-0.39, 0.29) is 11.6 Å². The highest BCUT2D eigenvalue weighted by Gasteiger charge is 2.28. The van der Waals surface area contributed by atoms with Gasteiger partial charge in [-0.05, 0) is 126 Å². The fourth-order valence-electron chi connectivity index (χ4n) is 3.28. The molecule has 0 aliphatic carbocycles. The number of benzene rings is 2. The first-order valence-corrected chi connectivity index (χ1v) is 11.0. The Balaban J connectivity index is 2.41. The molecule has 0 unspecified atom stereocenters. The van der Waals surface area contributed by atoms with Gasteiger partial charge < -0.3 is 9.47 Å². The van der Waals surface area contributed by atoms with Crippen molar-refractivity contribution in [2.24, 2.45) is 5.41 Å². The van der Waals surface area contributed by atoms with Crippen molar-refractivity contribution in [3.63, 3.8) is 0 Å². The Labute approximate surface area is 182 Å². The number of ether oxygens (including phenoxy) is 2. The Bertz CT molecular complexity index is 889. The number of carbonyl (C=O) groups excluding carboxylic acids is 1. The highest BCUT2D eigenvalue weighted by atomic mass is 16.5. The lowest BCUT2D eigenvalue weighted by Crippen LogP contribution is -2.28. The second-order valence-corrected chi connectivity index (χ2v) is 9.72. The first kappa shape index (κ1) is 24.0. The summed E-state index contributed by atoms with van der Waals surface area (Å²) >= 11 is 0. The molecule has 0 amide bonds. The van der Waals surface area contributed by atoms with Crippen molar-refractivity contribution < 1.29 is 14.3 Å². The summed E-state index contributed by atoms with van der Waals surface area (Å²) in [5, 5.41) is 0. The van der Waals surface area contributed by atoms with Gasteiger partial charge >= 0.3 is 5.97 Å². The summed E-state index contributed by atoms with van der Waals surface area (Å²) in [5.41, 5.74) is 5.76. The molecular weight excluding hydrogens is 372 g/mol. The van der Waals surface area contributed by atoms with Crippen LogP contribution in [0.4, 0.5) is 0 Å². The van der Waals surface area contributed by atoms with E-state index >= 15 is 0 Å². The average Bonchev–Trinajstić information content (AvgIpc) is 2.66. The Hall–Kier alpha value is -2.29. The van der Waals surface area contributed by atoms with Gasteiger partial charge in [0.05, 0.1) is 5.41 Å². The van der Waals surface area contributed by atoms with Crippen LogP contribution in [-0.2, 0) is 4.79 Å². The fourth-order valence-corrected chi connectivity index (χ4v) is 3.28. The zero-order valence-corrected chi connectivity index (χ0v) is 20.4. The van der Waals surface area contributed by atoms with Crippen LogP contribution in [0, 0.1) is 33.1 Å². The van der Waals surface area contributed by atoms with E-state index in [0.29, 0.717) is 5.75 Å². The largest absolute Gasteiger partial charge is 0.487 e. The summed E-state index contributed by atoms with van der Waals surface area (Å²) < 4.78 is 12.1. The molecule has 2 rings (SSSR count). The van der Waals surface area contributed by atoms with Gasteiger partial charge in [0.15, 0.2) is 0 Å². The molecule has 0 radical (unpaired) electrons. The molecule has 0 atom stereocenters. The second kappa shape index (κ2) is 8.83. The maximum Gasteiger partial charge on any atom is 0.316 e. The Morgan fingerprint density at radius 2 is 1.13 bits per heavy atom. The predicted molar refractivity (Wildman–Crippen MR) is 126 cm³/mol. The monoisotopic (exact) mass is 410 g/mol. The predicted octanol–water partition coefficient (Wildman–Crippen LogP) is 7.50. The quantitative estimate of drug-likeness (QED) is 0.350. The first-order valence-electron chi connectivity index (χ1n) is 11.0. The zero-order chi connectivity index (χ0) is 22.9. The molecule has 0 aliphatic heterocycles. The molecule has 0 saturated heterocycles. The number of rotatable bonds is 7. The van der Waals surface area contributed by atoms with E-state index in [9.17, 15) is 4.79 Å². The second-order valence-electron chi connectivity index (χ2n) is 9.72. The van der Waals surface area contributed by atoms with E-state index < -0.39 is 5.41 Å². The van der Waals surface area contributed by atoms with E-state index in [1.165, 1.54) is 0 Å². The maximum atomic E-state index is 12.6. The molecule has 2 aromatic rings. The summed E-state index contributed by atoms with van der Waals surface area (Å²) in [6, 6.07) is 8.54. The van der Waals surface area contributed by atoms with Gasteiger partial charge in [-0.25, -0.2) is 0 Å². The summed E-state index contributed by atoms with van der Waals surface area (Å²) in [6.45, 7) is 20.4. The van der Waals surface area contributed by atoms with E-state index in [4.69, 9.17) is 9.47 Å². The molecule has 30 heavy (non-hydrogen) atoms. The van der Waals surface area contributed by atoms with Crippen LogP contribution < -0.4 is 9.47 Å². The number of hydrogen-bond acceptors (Lipinski definition) is 3. The third-order valence-electron chi connectivity index (χ3n) is 6.12. The topological polar surface area (TPSA) is 35.5 Å². The van der Waals surface area contributed by atoms with Gasteiger partial charge in [0.25, 0.3) is 0 Å². The van der Waals surface area contributed by atoms with Crippen LogP contribution in [0.15, 0.2) is 24.3 Å². The van der Waals surface area contributed by atoms with Crippen molar-refractivity contribution >= 4 is 5.97 Å². The third kappa shape index (κ3) is 5.24. The lowest BCUT2D eigenvalue weighted by molar-refractivity contribution is -0.144. The van der Waals surface area contributed by atoms with E-state index in [0.717, 1.165) is 52.0 Å². The van der Waals surface area contributed by atoms with E-state index in [2.05, 4.69) is 58.9 Å². The Morgan fingerprint density at radius 1 is 0.733 bits per heavy atom. The standard InChI is InChI=1S/C27H38O3/c1-11-26(7,8)25(28)29-23-17(3)13-21(14-18(23)4)22-15-19(5)24(20(6)16-22)30-27(9,10)12-2/h13-16H,11-12H2,1-10H3. The molecule has 0 aliphatic rings. The Morgan fingerprint density at radius 3 is 1.50 bits per heavy atom. The minimum atomic E-state index is -0.492. The normalized spacial score (nSPS) is 12.1. The molecule has 3 heteroatoms. The van der Waals surface area contributed by atoms with Crippen LogP contribution in [0.3, 0.4) is 0 Å². The van der Waals surface area contributed by atoms with Crippen molar-refractivity contribution in [1.82, 2.24) is 0 Å². The number of carbonyl (C=O) groups is 1. The van der Waals surface area contributed by atoms with Crippen LogP contribution in [0.5, 0.6) is 11.5 Å². The minimum absolute atomic E-state index is 0.185. The van der Waals surface area contributed by atoms with Crippen LogP contribution in [-0.4, -0.2) is 11.6 Å². The summed E-state index contributed by atoms with van der Waals surface area (Å²) in [4.78, 5) is 12.6. The van der Waals surface area contributed by atoms with Crippen molar-refractivity contribution in [2.75, 3.05) is 0 Å². The van der Waals surface area contributed by atoms with Crippen molar-refractivity contribution in [2.45, 2.75) is 87.7 Å². The van der Waals surface area contributed by atoms with Crippen molar-refractivity contribution in [3.05, 3.63) is 46.5 Å². The number of esters is 1. The lowest BCUT2D eigenvalue weighted by Gasteiger charge is -2.27. The molecule has 0 fully saturated rings. The summed E-state index contributed by atoms with van der Waals surface area (Å²) in [5.74, 6) is 1.45. The van der Waals surface area contributed by atoms with Crippen molar-refractivity contribution in [1.29, 1.82) is 0 Å². The molecule has 0 bridgehead atoms. The van der Waals surface area contributed by atoms with Gasteiger partial charge in [-0.2, -0.15) is 0 Å². The highest BCUT2D eigenvalue weighted by molar-refractivity contribution is 5.80. The number of aryl methyl sites for hydroxylation is 4. The molecule has 0 heterocycles. The van der Waals surface area contributed by atoms with Gasteiger partial charge in [0, 0.05) is 0 Å². The molecule has 0 N–H and O–H groups in total. The molecule has 0 spiro atoms. The highest BCUT2D eigenvalue weighted by Crippen LogP contribution is 2.36. The molecular formula is C27H38O3. The Kier molecular flexibility index (Phi) is 7.06. The number of hydrogen-bond donors (Lipinski definition) is 0. The van der Waals surface area contributed by atoms with Gasteiger partial charge in [-0.3, -0.25) is 4.79 Å². The summed E-state index contributed by atoms with van der Waals surface area (Å²) in [7, 11) is 0. The van der Waals surface area contributed by atoms with Crippen LogP contribution in [0.1, 0.15) is 76.6 Å². The van der Waals surface area contributed by atoms with E-state index in [1.54, 1.807) is 0 Å². The molecule has 164 valence electrons. The smallest absolute Gasteiger partial charge is 0.316 e. The zero-order valence-electron chi connectivity index (χ0n) is 20.4. The van der Waals surface area contributed by atoms with Crippen LogP contribution in [0.2, 0.25) is 0 Å². The first-order chi connectivity index (χ1) is 13.8. The van der Waals surface area contributed by atoms with E-state index in [1.807, 2.05) is 34.6 Å². The fraction of sp³-hybridized carbons (Fsp3) is 0.519. The van der Waals surface area contributed by atoms with Crippen molar-refractivity contribution in [3.8, 4) is 22.6 Å². The lowest BCUT2D eigenvalue weighted by atomic mass is 9.90.